The van der Waals surface area contributed by atoms with Crippen LogP contribution in [-0.2, 0) is 15.7 Å². The zero-order valence-corrected chi connectivity index (χ0v) is 21.6. The molecule has 0 aromatic carbocycles. The van der Waals surface area contributed by atoms with Gasteiger partial charge in [0.25, 0.3) is 0 Å². The van der Waals surface area contributed by atoms with Crippen molar-refractivity contribution in [3.05, 3.63) is 71.5 Å². The van der Waals surface area contributed by atoms with Crippen LogP contribution in [0.3, 0.4) is 0 Å². The third-order valence-corrected chi connectivity index (χ3v) is 7.02. The van der Waals surface area contributed by atoms with E-state index in [2.05, 4.69) is 34.9 Å². The Kier molecular flexibility index (Phi) is 8.18. The summed E-state index contributed by atoms with van der Waals surface area (Å²) < 4.78 is 29.1. The summed E-state index contributed by atoms with van der Waals surface area (Å²) in [6.07, 6.45) is 5.75. The molecule has 0 spiro atoms. The quantitative estimate of drug-likeness (QED) is 0.327. The molecule has 0 saturated heterocycles. The standard InChI is InChI=1S/C23H25ClN8O3S/c1-14(16-7-6-10-25-11-16)32-22(18-8-5-9-19(28-18)34-3)29-30-23(32)31-36(33)15(2)20(35-4)21-26-12-17(24)13-27-21/h5-15,20H,1-4H3,(H,30,31)/t14-,15?,20?,36?/m0/s1. The van der Waals surface area contributed by atoms with Crippen LogP contribution in [0, 0.1) is 0 Å². The summed E-state index contributed by atoms with van der Waals surface area (Å²) in [6.45, 7) is 3.74. The number of aromatic nitrogens is 7. The first-order valence-electron chi connectivity index (χ1n) is 11.0. The number of hydrogen-bond acceptors (Lipinski definition) is 9. The molecule has 13 heteroatoms. The average Bonchev–Trinajstić information content (AvgIpc) is 3.33. The molecule has 0 aliphatic heterocycles. The molecule has 0 saturated carbocycles. The van der Waals surface area contributed by atoms with E-state index < -0.39 is 22.3 Å². The van der Waals surface area contributed by atoms with Crippen molar-refractivity contribution in [3.8, 4) is 17.4 Å². The van der Waals surface area contributed by atoms with Crippen LogP contribution in [0.2, 0.25) is 5.02 Å². The summed E-state index contributed by atoms with van der Waals surface area (Å²) in [5, 5.41) is 8.52. The molecule has 4 aromatic rings. The van der Waals surface area contributed by atoms with Gasteiger partial charge >= 0.3 is 0 Å². The van der Waals surface area contributed by atoms with Gasteiger partial charge in [-0.15, -0.1) is 10.2 Å². The number of methoxy groups -OCH3 is 2. The fourth-order valence-corrected chi connectivity index (χ4v) is 4.66. The fourth-order valence-electron chi connectivity index (χ4n) is 3.60. The highest BCUT2D eigenvalue weighted by Crippen LogP contribution is 2.30. The van der Waals surface area contributed by atoms with E-state index in [0.29, 0.717) is 34.2 Å². The summed E-state index contributed by atoms with van der Waals surface area (Å²) in [5.74, 6) is 1.58. The van der Waals surface area contributed by atoms with Crippen LogP contribution in [0.4, 0.5) is 5.95 Å². The predicted octanol–water partition coefficient (Wildman–Crippen LogP) is 3.65. The van der Waals surface area contributed by atoms with Crippen LogP contribution in [-0.4, -0.2) is 58.4 Å². The maximum absolute atomic E-state index is 13.4. The molecule has 4 atom stereocenters. The Morgan fingerprint density at radius 3 is 2.50 bits per heavy atom. The zero-order chi connectivity index (χ0) is 25.7. The van der Waals surface area contributed by atoms with Crippen molar-refractivity contribution in [2.75, 3.05) is 18.9 Å². The Morgan fingerprint density at radius 1 is 1.06 bits per heavy atom. The number of rotatable bonds is 10. The molecule has 1 N–H and O–H groups in total. The van der Waals surface area contributed by atoms with Gasteiger partial charge in [0, 0.05) is 38.0 Å². The molecule has 0 aliphatic carbocycles. The Bertz CT molecular complexity index is 1320. The molecule has 0 amide bonds. The van der Waals surface area contributed by atoms with Gasteiger partial charge in [-0.3, -0.25) is 14.3 Å². The van der Waals surface area contributed by atoms with Crippen molar-refractivity contribution < 1.29 is 13.7 Å². The van der Waals surface area contributed by atoms with Gasteiger partial charge < -0.3 is 9.47 Å². The molecule has 0 fully saturated rings. The number of halogens is 1. The van der Waals surface area contributed by atoms with E-state index in [-0.39, 0.29) is 6.04 Å². The van der Waals surface area contributed by atoms with Gasteiger partial charge in [0.05, 0.1) is 23.4 Å². The van der Waals surface area contributed by atoms with Gasteiger partial charge in [0.2, 0.25) is 11.8 Å². The van der Waals surface area contributed by atoms with E-state index in [9.17, 15) is 4.21 Å². The molecule has 36 heavy (non-hydrogen) atoms. The van der Waals surface area contributed by atoms with E-state index in [1.54, 1.807) is 38.6 Å². The van der Waals surface area contributed by atoms with Crippen molar-refractivity contribution in [3.63, 3.8) is 0 Å². The molecular weight excluding hydrogens is 504 g/mol. The predicted molar refractivity (Wildman–Crippen MR) is 136 cm³/mol. The van der Waals surface area contributed by atoms with Crippen molar-refractivity contribution in [2.45, 2.75) is 31.2 Å². The molecule has 4 aromatic heterocycles. The molecule has 188 valence electrons. The Labute approximate surface area is 215 Å². The van der Waals surface area contributed by atoms with Gasteiger partial charge in [-0.1, -0.05) is 23.7 Å². The summed E-state index contributed by atoms with van der Waals surface area (Å²) in [4.78, 5) is 17.2. The van der Waals surface area contributed by atoms with E-state index in [0.717, 1.165) is 5.56 Å². The number of nitrogens with one attached hydrogen (secondary N) is 1. The van der Waals surface area contributed by atoms with Crippen LogP contribution in [0.25, 0.3) is 11.5 Å². The molecule has 0 radical (unpaired) electrons. The third kappa shape index (κ3) is 5.50. The molecule has 4 heterocycles. The number of pyridine rings is 2. The van der Waals surface area contributed by atoms with E-state index >= 15 is 0 Å². The van der Waals surface area contributed by atoms with Crippen LogP contribution < -0.4 is 9.46 Å². The molecule has 0 bridgehead atoms. The summed E-state index contributed by atoms with van der Waals surface area (Å²) >= 11 is 5.90. The second kappa shape index (κ2) is 11.5. The van der Waals surface area contributed by atoms with E-state index in [1.165, 1.54) is 19.5 Å². The highest BCUT2D eigenvalue weighted by atomic mass is 35.5. The van der Waals surface area contributed by atoms with Gasteiger partial charge in [-0.25, -0.2) is 19.2 Å². The highest BCUT2D eigenvalue weighted by molar-refractivity contribution is 7.87. The van der Waals surface area contributed by atoms with Crippen LogP contribution in [0.5, 0.6) is 5.88 Å². The van der Waals surface area contributed by atoms with Crippen molar-refractivity contribution in [1.29, 1.82) is 0 Å². The molecule has 11 nitrogen and oxygen atoms in total. The number of hydrogen-bond donors (Lipinski definition) is 1. The maximum atomic E-state index is 13.4. The highest BCUT2D eigenvalue weighted by Gasteiger charge is 2.29. The minimum Gasteiger partial charge on any atom is -0.481 e. The van der Waals surface area contributed by atoms with Gasteiger partial charge in [0.15, 0.2) is 11.6 Å². The smallest absolute Gasteiger partial charge is 0.237 e. The SMILES string of the molecule is COc1cccc(-c2nnc(NS(=O)C(C)C(OC)c3ncc(Cl)cn3)n2[C@@H](C)c2cccnc2)n1. The van der Waals surface area contributed by atoms with Crippen LogP contribution in [0.15, 0.2) is 55.1 Å². The first kappa shape index (κ1) is 25.6. The molecule has 0 aliphatic rings. The summed E-state index contributed by atoms with van der Waals surface area (Å²) in [6, 6.07) is 8.90. The molecule has 4 rings (SSSR count). The second-order valence-corrected chi connectivity index (χ2v) is 9.74. The van der Waals surface area contributed by atoms with Gasteiger partial charge in [-0.2, -0.15) is 0 Å². The molecular formula is C23H25ClN8O3S. The Hall–Kier alpha value is -3.48. The first-order valence-corrected chi connectivity index (χ1v) is 12.6. The fraction of sp³-hybridized carbons (Fsp3) is 0.304. The lowest BCUT2D eigenvalue weighted by Crippen LogP contribution is -2.29. The topological polar surface area (TPSA) is 130 Å². The third-order valence-electron chi connectivity index (χ3n) is 5.52. The molecule has 3 unspecified atom stereocenters. The maximum Gasteiger partial charge on any atom is 0.237 e. The second-order valence-electron chi connectivity index (χ2n) is 7.77. The van der Waals surface area contributed by atoms with E-state index in [4.69, 9.17) is 21.1 Å². The lowest BCUT2D eigenvalue weighted by atomic mass is 10.1. The number of anilines is 1. The first-order chi connectivity index (χ1) is 17.4. The lowest BCUT2D eigenvalue weighted by molar-refractivity contribution is 0.0961. The van der Waals surface area contributed by atoms with Gasteiger partial charge in [0.1, 0.15) is 22.8 Å². The number of ether oxygens (including phenoxy) is 2. The Balaban J connectivity index is 1.69. The monoisotopic (exact) mass is 528 g/mol. The van der Waals surface area contributed by atoms with Crippen LogP contribution >= 0.6 is 11.6 Å². The Morgan fingerprint density at radius 2 is 1.83 bits per heavy atom. The lowest BCUT2D eigenvalue weighted by Gasteiger charge is -2.22. The summed E-state index contributed by atoms with van der Waals surface area (Å²) in [5.41, 5.74) is 1.46. The zero-order valence-electron chi connectivity index (χ0n) is 20.1. The average molecular weight is 529 g/mol. The number of nitrogens with zero attached hydrogens (tertiary/aromatic N) is 7. The van der Waals surface area contributed by atoms with E-state index in [1.807, 2.05) is 29.7 Å². The minimum atomic E-state index is -1.66. The van der Waals surface area contributed by atoms with Crippen molar-refractivity contribution in [1.82, 2.24) is 34.7 Å². The summed E-state index contributed by atoms with van der Waals surface area (Å²) in [7, 11) is 1.40. The van der Waals surface area contributed by atoms with Crippen molar-refractivity contribution in [2.24, 2.45) is 0 Å². The van der Waals surface area contributed by atoms with Gasteiger partial charge in [-0.05, 0) is 31.5 Å². The largest absolute Gasteiger partial charge is 0.481 e. The minimum absolute atomic E-state index is 0.260. The normalized spacial score (nSPS) is 14.6. The van der Waals surface area contributed by atoms with Crippen molar-refractivity contribution >= 4 is 28.5 Å². The van der Waals surface area contributed by atoms with Crippen LogP contribution in [0.1, 0.15) is 37.4 Å².